The molecule has 10 nitrogen and oxygen atoms in total. The summed E-state index contributed by atoms with van der Waals surface area (Å²) < 4.78 is 24.3. The van der Waals surface area contributed by atoms with Crippen molar-refractivity contribution in [3.8, 4) is 0 Å². The Morgan fingerprint density at radius 2 is 1.95 bits per heavy atom. The highest BCUT2D eigenvalue weighted by atomic mass is 28.4. The number of hydrazone groups is 1. The number of nitrogens with zero attached hydrogens (tertiary/aromatic N) is 5. The predicted molar refractivity (Wildman–Crippen MR) is 158 cm³/mol. The summed E-state index contributed by atoms with van der Waals surface area (Å²) in [5.41, 5.74) is 2.31. The third-order valence-corrected chi connectivity index (χ3v) is 11.1. The van der Waals surface area contributed by atoms with Crippen molar-refractivity contribution in [2.75, 3.05) is 16.9 Å². The van der Waals surface area contributed by atoms with Crippen LogP contribution in [0.15, 0.2) is 59.8 Å². The molecule has 6 rings (SSSR count). The summed E-state index contributed by atoms with van der Waals surface area (Å²) in [5, 5.41) is 26.4. The van der Waals surface area contributed by atoms with E-state index in [2.05, 4.69) is 15.6 Å². The molecule has 0 radical (unpaired) electrons. The molecule has 42 heavy (non-hydrogen) atoms. The largest absolute Gasteiger partial charge is 0.396 e. The van der Waals surface area contributed by atoms with Gasteiger partial charge in [-0.2, -0.15) is 5.10 Å². The minimum Gasteiger partial charge on any atom is -0.396 e. The van der Waals surface area contributed by atoms with Gasteiger partial charge in [-0.25, -0.2) is 5.01 Å². The summed E-state index contributed by atoms with van der Waals surface area (Å²) in [5.74, 6) is -0.910. The Bertz CT molecular complexity index is 1540. The Hall–Kier alpha value is -3.74. The molecule has 0 unspecified atom stereocenters. The van der Waals surface area contributed by atoms with Crippen LogP contribution in [-0.2, 0) is 32.9 Å². The zero-order chi connectivity index (χ0) is 29.6. The van der Waals surface area contributed by atoms with Crippen LogP contribution in [0.25, 0.3) is 0 Å². The first-order valence-electron chi connectivity index (χ1n) is 14.4. The van der Waals surface area contributed by atoms with E-state index in [-0.39, 0.29) is 18.4 Å². The summed E-state index contributed by atoms with van der Waals surface area (Å²) in [6.07, 6.45) is 2.94. The minimum atomic E-state index is -3.31. The average Bonchev–Trinajstić information content (AvgIpc) is 3.62. The van der Waals surface area contributed by atoms with E-state index in [1.54, 1.807) is 42.2 Å². The van der Waals surface area contributed by atoms with Gasteiger partial charge in [0, 0.05) is 61.3 Å². The van der Waals surface area contributed by atoms with Gasteiger partial charge < -0.3 is 19.3 Å². The molecular weight excluding hydrogens is 555 g/mol. The van der Waals surface area contributed by atoms with Crippen molar-refractivity contribution < 1.29 is 23.5 Å². The van der Waals surface area contributed by atoms with Crippen molar-refractivity contribution in [2.24, 2.45) is 11.0 Å². The van der Waals surface area contributed by atoms with Crippen molar-refractivity contribution in [3.05, 3.63) is 71.5 Å². The first-order valence-corrected chi connectivity index (χ1v) is 17.4. The van der Waals surface area contributed by atoms with Crippen LogP contribution in [0.1, 0.15) is 43.0 Å². The molecule has 4 atom stereocenters. The van der Waals surface area contributed by atoms with Crippen LogP contribution < -0.4 is 10.3 Å². The molecule has 0 bridgehead atoms. The molecule has 4 heterocycles. The third-order valence-electron chi connectivity index (χ3n) is 8.68. The second-order valence-corrected chi connectivity index (χ2v) is 15.6. The number of rotatable bonds is 8. The average molecular weight is 591 g/mol. The number of hydrogen-bond donors (Lipinski definition) is 2. The smallest absolute Gasteiger partial charge is 0.261 e. The molecule has 1 fully saturated rings. The first kappa shape index (κ1) is 28.4. The van der Waals surface area contributed by atoms with E-state index in [4.69, 9.17) is 9.84 Å². The fourth-order valence-electron chi connectivity index (χ4n) is 6.78. The maximum Gasteiger partial charge on any atom is 0.261 e. The van der Waals surface area contributed by atoms with Gasteiger partial charge in [-0.3, -0.25) is 14.3 Å². The number of fused-ring (bicyclic) bond motifs is 2. The fraction of sp³-hybridized carbons (Fsp3) is 0.433. The van der Waals surface area contributed by atoms with Gasteiger partial charge in [0.25, 0.3) is 5.91 Å². The summed E-state index contributed by atoms with van der Waals surface area (Å²) in [4.78, 5) is 26.8. The Labute approximate surface area is 244 Å². The Morgan fingerprint density at radius 1 is 1.17 bits per heavy atom. The van der Waals surface area contributed by atoms with Crippen molar-refractivity contribution in [1.82, 2.24) is 15.0 Å². The van der Waals surface area contributed by atoms with Crippen LogP contribution in [0.2, 0.25) is 18.6 Å². The predicted octanol–water partition coefficient (Wildman–Crippen LogP) is 4.16. The standard InChI is InChI=1S/C30H35FN6O4Si/c1-19-28(42(2,3)31)26(13-15-36-18-21(14-16-38)33-35-36)41-30(19)23-17-22(9-10-25(23)32-29(30)40)37-27(39)12-11-24(34-37)20-7-5-4-6-8-20/h4-10,17-19,26,28,38H,11-16H2,1-3H3,(H,32,40)/t19-,26+,28-,30+/m1/s1. The van der Waals surface area contributed by atoms with Gasteiger partial charge in [0.05, 0.1) is 23.2 Å². The van der Waals surface area contributed by atoms with Crippen LogP contribution in [0, 0.1) is 5.92 Å². The Kier molecular flexibility index (Phi) is 7.32. The fourth-order valence-corrected chi connectivity index (χ4v) is 9.33. The highest BCUT2D eigenvalue weighted by molar-refractivity contribution is 6.72. The second-order valence-electron chi connectivity index (χ2n) is 11.8. The van der Waals surface area contributed by atoms with Gasteiger partial charge in [0.2, 0.25) is 14.3 Å². The number of aliphatic hydroxyl groups is 1. The Morgan fingerprint density at radius 3 is 2.69 bits per heavy atom. The number of hydrogen-bond acceptors (Lipinski definition) is 7. The number of benzene rings is 2. The van der Waals surface area contributed by atoms with Crippen LogP contribution in [-0.4, -0.2) is 58.7 Å². The summed E-state index contributed by atoms with van der Waals surface area (Å²) >= 11 is 0. The van der Waals surface area contributed by atoms with Crippen molar-refractivity contribution >= 4 is 37.3 Å². The lowest BCUT2D eigenvalue weighted by Gasteiger charge is -2.31. The molecule has 1 saturated heterocycles. The molecule has 3 aliphatic heterocycles. The number of ether oxygens (including phenoxy) is 1. The van der Waals surface area contributed by atoms with Gasteiger partial charge in [-0.05, 0) is 43.3 Å². The first-order chi connectivity index (χ1) is 20.1. The monoisotopic (exact) mass is 590 g/mol. The molecule has 3 aromatic rings. The molecule has 12 heteroatoms. The molecule has 3 aliphatic rings. The molecule has 0 saturated carbocycles. The highest BCUT2D eigenvalue weighted by Crippen LogP contribution is 2.59. The van der Waals surface area contributed by atoms with Crippen LogP contribution in [0.4, 0.5) is 15.5 Å². The van der Waals surface area contributed by atoms with E-state index in [0.717, 1.165) is 11.3 Å². The third kappa shape index (κ3) is 4.86. The van der Waals surface area contributed by atoms with Gasteiger partial charge in [-0.1, -0.05) is 42.5 Å². The quantitative estimate of drug-likeness (QED) is 0.300. The normalized spacial score (nSPS) is 25.6. The van der Waals surface area contributed by atoms with Crippen molar-refractivity contribution in [1.29, 1.82) is 0 Å². The van der Waals surface area contributed by atoms with Crippen LogP contribution in [0.5, 0.6) is 0 Å². The van der Waals surface area contributed by atoms with Crippen LogP contribution in [0.3, 0.4) is 0 Å². The summed E-state index contributed by atoms with van der Waals surface area (Å²) in [7, 11) is -3.31. The lowest BCUT2D eigenvalue weighted by Crippen LogP contribution is -2.42. The number of aryl methyl sites for hydroxylation is 1. The van der Waals surface area contributed by atoms with E-state index < -0.39 is 31.6 Å². The summed E-state index contributed by atoms with van der Waals surface area (Å²) in [6, 6.07) is 15.1. The summed E-state index contributed by atoms with van der Waals surface area (Å²) in [6.45, 7) is 5.63. The maximum atomic E-state index is 16.0. The molecule has 2 aromatic carbocycles. The molecule has 220 valence electrons. The molecule has 0 aliphatic carbocycles. The number of halogens is 1. The molecule has 1 aromatic heterocycles. The van der Waals surface area contributed by atoms with E-state index >= 15 is 4.11 Å². The van der Waals surface area contributed by atoms with Gasteiger partial charge in [0.1, 0.15) is 0 Å². The number of amides is 2. The second kappa shape index (κ2) is 10.8. The highest BCUT2D eigenvalue weighted by Gasteiger charge is 2.65. The number of aromatic nitrogens is 3. The van der Waals surface area contributed by atoms with Gasteiger partial charge >= 0.3 is 0 Å². The van der Waals surface area contributed by atoms with Crippen molar-refractivity contribution in [3.63, 3.8) is 0 Å². The Balaban J connectivity index is 1.34. The number of nitrogens with one attached hydrogen (secondary N) is 1. The number of carbonyl (C=O) groups is 2. The number of carbonyl (C=O) groups excluding carboxylic acids is 2. The maximum absolute atomic E-state index is 16.0. The zero-order valence-electron chi connectivity index (χ0n) is 24.0. The van der Waals surface area contributed by atoms with Crippen LogP contribution >= 0.6 is 0 Å². The molecule has 1 spiro atoms. The SMILES string of the molecule is C[C@@H]1[C@@H]([Si](C)(C)F)[C@H](CCn2cc(CCO)nn2)O[C@@]12C(=O)Nc1ccc(N3N=C(c4ccccc4)CCC3=O)cc12. The van der Waals surface area contributed by atoms with E-state index in [1.165, 1.54) is 5.01 Å². The zero-order valence-corrected chi connectivity index (χ0v) is 25.0. The van der Waals surface area contributed by atoms with E-state index in [1.807, 2.05) is 37.3 Å². The topological polar surface area (TPSA) is 122 Å². The number of aliphatic hydroxyl groups excluding tert-OH is 1. The lowest BCUT2D eigenvalue weighted by atomic mass is 9.82. The number of anilines is 2. The molecular formula is C30H35FN6O4Si. The van der Waals surface area contributed by atoms with Crippen molar-refractivity contribution in [2.45, 2.75) is 69.5 Å². The molecule has 2 amide bonds. The van der Waals surface area contributed by atoms with Gasteiger partial charge in [-0.15, -0.1) is 5.10 Å². The van der Waals surface area contributed by atoms with E-state index in [0.29, 0.717) is 54.9 Å². The van der Waals surface area contributed by atoms with E-state index in [9.17, 15) is 14.7 Å². The van der Waals surface area contributed by atoms with Gasteiger partial charge in [0.15, 0.2) is 5.60 Å². The minimum absolute atomic E-state index is 0.0212. The molecule has 2 N–H and O–H groups in total. The lowest BCUT2D eigenvalue weighted by molar-refractivity contribution is -0.143.